The van der Waals surface area contributed by atoms with Gasteiger partial charge in [0.15, 0.2) is 5.82 Å². The Hall–Kier alpha value is -3.00. The number of anilines is 1. The largest absolute Gasteiger partial charge is 0.494 e. The summed E-state index contributed by atoms with van der Waals surface area (Å²) in [7, 11) is 0. The van der Waals surface area contributed by atoms with Crippen LogP contribution in [0.3, 0.4) is 0 Å². The van der Waals surface area contributed by atoms with Gasteiger partial charge in [-0.1, -0.05) is 17.8 Å². The quantitative estimate of drug-likeness (QED) is 0.469. The number of nitrogens with zero attached hydrogens (tertiary/aromatic N) is 3. The molecule has 1 aromatic heterocycles. The maximum atomic E-state index is 12.3. The topological polar surface area (TPSA) is 95.1 Å². The van der Waals surface area contributed by atoms with E-state index < -0.39 is 0 Å². The van der Waals surface area contributed by atoms with Gasteiger partial charge in [0.05, 0.1) is 12.4 Å². The first-order valence-electron chi connectivity index (χ1n) is 8.91. The van der Waals surface area contributed by atoms with E-state index in [0.717, 1.165) is 28.1 Å². The predicted octanol–water partition coefficient (Wildman–Crippen LogP) is 3.41. The van der Waals surface area contributed by atoms with Crippen LogP contribution in [0.4, 0.5) is 5.69 Å². The van der Waals surface area contributed by atoms with Crippen LogP contribution in [0.1, 0.15) is 18.1 Å². The first kappa shape index (κ1) is 19.8. The summed E-state index contributed by atoms with van der Waals surface area (Å²) in [6, 6.07) is 13.4. The Morgan fingerprint density at radius 2 is 1.82 bits per heavy atom. The lowest BCUT2D eigenvalue weighted by molar-refractivity contribution is -0.113. The molecule has 7 nitrogen and oxygen atoms in total. The second-order valence-corrected chi connectivity index (χ2v) is 7.29. The van der Waals surface area contributed by atoms with E-state index in [1.807, 2.05) is 57.2 Å². The number of hydrogen-bond acceptors (Lipinski definition) is 6. The summed E-state index contributed by atoms with van der Waals surface area (Å²) in [5.74, 6) is 7.49. The number of aryl methyl sites for hydroxylation is 2. The van der Waals surface area contributed by atoms with Gasteiger partial charge in [-0.25, -0.2) is 4.68 Å². The highest BCUT2D eigenvalue weighted by molar-refractivity contribution is 7.99. The third kappa shape index (κ3) is 4.83. The van der Waals surface area contributed by atoms with Gasteiger partial charge in [0.1, 0.15) is 5.75 Å². The molecule has 1 heterocycles. The number of rotatable bonds is 7. The molecule has 146 valence electrons. The fourth-order valence-electron chi connectivity index (χ4n) is 2.81. The minimum Gasteiger partial charge on any atom is -0.494 e. The molecule has 0 aliphatic heterocycles. The smallest absolute Gasteiger partial charge is 0.234 e. The minimum absolute atomic E-state index is 0.124. The predicted molar refractivity (Wildman–Crippen MR) is 112 cm³/mol. The Morgan fingerprint density at radius 1 is 1.14 bits per heavy atom. The van der Waals surface area contributed by atoms with Gasteiger partial charge < -0.3 is 15.9 Å². The van der Waals surface area contributed by atoms with Gasteiger partial charge in [-0.15, -0.1) is 10.2 Å². The molecule has 2 aromatic carbocycles. The lowest BCUT2D eigenvalue weighted by Crippen LogP contribution is -2.16. The molecule has 1 amide bonds. The van der Waals surface area contributed by atoms with E-state index >= 15 is 0 Å². The number of nitrogen functional groups attached to an aromatic ring is 1. The molecule has 0 unspecified atom stereocenters. The lowest BCUT2D eigenvalue weighted by Gasteiger charge is -2.08. The van der Waals surface area contributed by atoms with Gasteiger partial charge in [-0.3, -0.25) is 4.79 Å². The SMILES string of the molecule is CCOc1ccc(-c2nnc(SCC(=O)Nc3cc(C)cc(C)c3)n2N)cc1. The zero-order valence-corrected chi connectivity index (χ0v) is 16.9. The molecular formula is C20H23N5O2S. The molecule has 0 atom stereocenters. The van der Waals surface area contributed by atoms with E-state index in [1.54, 1.807) is 0 Å². The van der Waals surface area contributed by atoms with Crippen LogP contribution < -0.4 is 15.9 Å². The van der Waals surface area contributed by atoms with Crippen molar-refractivity contribution in [2.75, 3.05) is 23.5 Å². The van der Waals surface area contributed by atoms with E-state index in [9.17, 15) is 4.79 Å². The Kier molecular flexibility index (Phi) is 6.20. The third-order valence-electron chi connectivity index (χ3n) is 3.93. The molecule has 3 rings (SSSR count). The van der Waals surface area contributed by atoms with Crippen molar-refractivity contribution in [3.8, 4) is 17.1 Å². The summed E-state index contributed by atoms with van der Waals surface area (Å²) < 4.78 is 6.83. The first-order valence-corrected chi connectivity index (χ1v) is 9.89. The molecule has 0 fully saturated rings. The molecule has 8 heteroatoms. The van der Waals surface area contributed by atoms with Crippen molar-refractivity contribution in [1.29, 1.82) is 0 Å². The maximum absolute atomic E-state index is 12.3. The Labute approximate surface area is 168 Å². The van der Waals surface area contributed by atoms with Gasteiger partial charge in [0.25, 0.3) is 0 Å². The Balaban J connectivity index is 1.63. The van der Waals surface area contributed by atoms with Gasteiger partial charge in [0.2, 0.25) is 11.1 Å². The second kappa shape index (κ2) is 8.79. The standard InChI is InChI=1S/C20H23N5O2S/c1-4-27-17-7-5-15(6-8-17)19-23-24-20(25(19)21)28-12-18(26)22-16-10-13(2)9-14(3)11-16/h5-11H,4,12,21H2,1-3H3,(H,22,26). The number of benzene rings is 2. The number of nitrogens with two attached hydrogens (primary N) is 1. The van der Waals surface area contributed by atoms with Crippen LogP contribution in [-0.4, -0.2) is 33.1 Å². The number of nitrogens with one attached hydrogen (secondary N) is 1. The molecule has 0 saturated heterocycles. The van der Waals surface area contributed by atoms with Crippen LogP contribution in [0, 0.1) is 13.8 Å². The van der Waals surface area contributed by atoms with Crippen molar-refractivity contribution in [2.24, 2.45) is 0 Å². The lowest BCUT2D eigenvalue weighted by atomic mass is 10.1. The van der Waals surface area contributed by atoms with Gasteiger partial charge in [-0.2, -0.15) is 0 Å². The average molecular weight is 398 g/mol. The molecule has 0 spiro atoms. The molecule has 3 aromatic rings. The fourth-order valence-corrected chi connectivity index (χ4v) is 3.47. The van der Waals surface area contributed by atoms with Crippen LogP contribution in [0.5, 0.6) is 5.75 Å². The zero-order chi connectivity index (χ0) is 20.1. The summed E-state index contributed by atoms with van der Waals surface area (Å²) in [5.41, 5.74) is 3.81. The van der Waals surface area contributed by atoms with Crippen LogP contribution in [0.2, 0.25) is 0 Å². The number of carbonyl (C=O) groups excluding carboxylic acids is 1. The first-order chi connectivity index (χ1) is 13.5. The van der Waals surface area contributed by atoms with E-state index in [4.69, 9.17) is 10.6 Å². The number of thioether (sulfide) groups is 1. The average Bonchev–Trinajstić information content (AvgIpc) is 3.01. The summed E-state index contributed by atoms with van der Waals surface area (Å²) >= 11 is 1.24. The molecule has 0 radical (unpaired) electrons. The van der Waals surface area contributed by atoms with Crippen LogP contribution in [0.15, 0.2) is 47.6 Å². The molecule has 28 heavy (non-hydrogen) atoms. The molecule has 0 saturated carbocycles. The Bertz CT molecular complexity index is 949. The second-order valence-electron chi connectivity index (χ2n) is 6.35. The Morgan fingerprint density at radius 3 is 2.46 bits per heavy atom. The van der Waals surface area contributed by atoms with E-state index in [0.29, 0.717) is 17.6 Å². The summed E-state index contributed by atoms with van der Waals surface area (Å²) in [6.45, 7) is 6.54. The fraction of sp³-hybridized carbons (Fsp3) is 0.250. The van der Waals surface area contributed by atoms with Crippen molar-refractivity contribution < 1.29 is 9.53 Å². The van der Waals surface area contributed by atoms with Crippen LogP contribution in [0.25, 0.3) is 11.4 Å². The molecule has 3 N–H and O–H groups in total. The van der Waals surface area contributed by atoms with E-state index in [1.165, 1.54) is 16.4 Å². The summed E-state index contributed by atoms with van der Waals surface area (Å²) in [4.78, 5) is 12.3. The van der Waals surface area contributed by atoms with Gasteiger partial charge in [-0.05, 0) is 68.3 Å². The number of carbonyl (C=O) groups is 1. The highest BCUT2D eigenvalue weighted by Crippen LogP contribution is 2.24. The van der Waals surface area contributed by atoms with Gasteiger partial charge in [0, 0.05) is 11.3 Å². The number of hydrogen-bond donors (Lipinski definition) is 2. The minimum atomic E-state index is -0.124. The maximum Gasteiger partial charge on any atom is 0.234 e. The van der Waals surface area contributed by atoms with E-state index in [2.05, 4.69) is 21.6 Å². The number of aromatic nitrogens is 3. The van der Waals surface area contributed by atoms with Crippen molar-refractivity contribution in [3.63, 3.8) is 0 Å². The van der Waals surface area contributed by atoms with Crippen molar-refractivity contribution in [2.45, 2.75) is 25.9 Å². The summed E-state index contributed by atoms with van der Waals surface area (Å²) in [6.07, 6.45) is 0. The number of ether oxygens (including phenoxy) is 1. The molecule has 0 aliphatic carbocycles. The zero-order valence-electron chi connectivity index (χ0n) is 16.1. The normalized spacial score (nSPS) is 10.7. The highest BCUT2D eigenvalue weighted by atomic mass is 32.2. The van der Waals surface area contributed by atoms with Crippen LogP contribution in [-0.2, 0) is 4.79 Å². The summed E-state index contributed by atoms with van der Waals surface area (Å²) in [5, 5.41) is 11.6. The van der Waals surface area contributed by atoms with Crippen molar-refractivity contribution in [1.82, 2.24) is 14.9 Å². The van der Waals surface area contributed by atoms with E-state index in [-0.39, 0.29) is 11.7 Å². The third-order valence-corrected chi connectivity index (χ3v) is 4.87. The molecule has 0 bridgehead atoms. The molecular weight excluding hydrogens is 374 g/mol. The van der Waals surface area contributed by atoms with Crippen molar-refractivity contribution >= 4 is 23.4 Å². The van der Waals surface area contributed by atoms with Crippen LogP contribution >= 0.6 is 11.8 Å². The van der Waals surface area contributed by atoms with Gasteiger partial charge >= 0.3 is 0 Å². The monoisotopic (exact) mass is 397 g/mol. The molecule has 0 aliphatic rings. The van der Waals surface area contributed by atoms with Crippen molar-refractivity contribution in [3.05, 3.63) is 53.6 Å². The number of amides is 1. The highest BCUT2D eigenvalue weighted by Gasteiger charge is 2.14.